The quantitative estimate of drug-likeness (QED) is 0.605. The number of hydrogen-bond acceptors (Lipinski definition) is 4. The van der Waals surface area contributed by atoms with E-state index in [-0.39, 0.29) is 11.7 Å². The van der Waals surface area contributed by atoms with Gasteiger partial charge in [0.15, 0.2) is 6.61 Å². The number of halogens is 3. The summed E-state index contributed by atoms with van der Waals surface area (Å²) in [6.07, 6.45) is 2.30. The average Bonchev–Trinajstić information content (AvgIpc) is 3.51. The lowest BCUT2D eigenvalue weighted by Gasteiger charge is -2.40. The van der Waals surface area contributed by atoms with Crippen LogP contribution in [0.25, 0.3) is 0 Å². The first kappa shape index (κ1) is 22.4. The third kappa shape index (κ3) is 5.52. The number of carbonyl (C=O) groups excluding carboxylic acids is 1. The van der Waals surface area contributed by atoms with E-state index in [0.29, 0.717) is 51.1 Å². The summed E-state index contributed by atoms with van der Waals surface area (Å²) in [6, 6.07) is 6.15. The summed E-state index contributed by atoms with van der Waals surface area (Å²) in [6.45, 7) is 0.240. The van der Waals surface area contributed by atoms with Crippen LogP contribution < -0.4 is 9.64 Å². The molecule has 0 atom stereocenters. The zero-order chi connectivity index (χ0) is 22.1. The van der Waals surface area contributed by atoms with Crippen LogP contribution in [0.3, 0.4) is 0 Å². The number of amides is 1. The van der Waals surface area contributed by atoms with Crippen molar-refractivity contribution in [2.75, 3.05) is 31.3 Å². The van der Waals surface area contributed by atoms with Crippen LogP contribution in [0.1, 0.15) is 51.4 Å². The molecule has 172 valence electrons. The van der Waals surface area contributed by atoms with Gasteiger partial charge in [-0.3, -0.25) is 4.79 Å². The molecule has 0 bridgehead atoms. The Balaban J connectivity index is 1.29. The number of benzene rings is 1. The number of hydrogen-bond donors (Lipinski definition) is 1. The number of nitrogens with zero attached hydrogens (tertiary/aromatic N) is 1. The third-order valence-electron chi connectivity index (χ3n) is 6.94. The number of anilines is 1. The van der Waals surface area contributed by atoms with Gasteiger partial charge >= 0.3 is 6.18 Å². The molecule has 2 saturated carbocycles. The van der Waals surface area contributed by atoms with E-state index in [4.69, 9.17) is 9.47 Å². The van der Waals surface area contributed by atoms with Crippen LogP contribution in [0.4, 0.5) is 18.9 Å². The highest BCUT2D eigenvalue weighted by molar-refractivity contribution is 6.00. The van der Waals surface area contributed by atoms with E-state index in [2.05, 4.69) is 0 Å². The summed E-state index contributed by atoms with van der Waals surface area (Å²) in [4.78, 5) is 14.9. The zero-order valence-corrected chi connectivity index (χ0v) is 17.6. The largest absolute Gasteiger partial charge is 0.484 e. The first-order valence-corrected chi connectivity index (χ1v) is 11.1. The first-order chi connectivity index (χ1) is 14.7. The highest BCUT2D eigenvalue weighted by atomic mass is 19.4. The van der Waals surface area contributed by atoms with Crippen molar-refractivity contribution in [3.05, 3.63) is 24.3 Å². The summed E-state index contributed by atoms with van der Waals surface area (Å²) in [5, 5.41) is 10.9. The van der Waals surface area contributed by atoms with Crippen molar-refractivity contribution in [3.63, 3.8) is 0 Å². The molecule has 3 aliphatic rings. The fourth-order valence-electron chi connectivity index (χ4n) is 4.68. The monoisotopic (exact) mass is 441 g/mol. The molecule has 31 heavy (non-hydrogen) atoms. The van der Waals surface area contributed by atoms with Gasteiger partial charge in [-0.15, -0.1) is 0 Å². The van der Waals surface area contributed by atoms with E-state index in [1.54, 1.807) is 17.0 Å². The molecule has 1 saturated heterocycles. The van der Waals surface area contributed by atoms with Gasteiger partial charge in [0.2, 0.25) is 5.91 Å². The normalized spacial score (nSPS) is 29.0. The minimum absolute atomic E-state index is 0.0353. The second-order valence-electron chi connectivity index (χ2n) is 9.39. The van der Waals surface area contributed by atoms with Crippen molar-refractivity contribution in [1.29, 1.82) is 0 Å². The number of ether oxygens (including phenoxy) is 2. The van der Waals surface area contributed by atoms with Crippen LogP contribution in [0.15, 0.2) is 24.3 Å². The van der Waals surface area contributed by atoms with Gasteiger partial charge < -0.3 is 19.5 Å². The maximum absolute atomic E-state index is 13.2. The predicted octanol–water partition coefficient (Wildman–Crippen LogP) is 4.47. The first-order valence-electron chi connectivity index (χ1n) is 11.1. The molecule has 8 heteroatoms. The van der Waals surface area contributed by atoms with Gasteiger partial charge in [0.25, 0.3) is 0 Å². The summed E-state index contributed by atoms with van der Waals surface area (Å²) >= 11 is 0. The van der Waals surface area contributed by atoms with Gasteiger partial charge in [-0.25, -0.2) is 0 Å². The topological polar surface area (TPSA) is 59.0 Å². The molecule has 5 nitrogen and oxygen atoms in total. The Hall–Kier alpha value is -1.80. The van der Waals surface area contributed by atoms with Crippen LogP contribution in [-0.2, 0) is 9.53 Å². The molecule has 0 radical (unpaired) electrons. The Labute approximate surface area is 180 Å². The molecule has 2 aliphatic carbocycles. The number of rotatable bonds is 8. The zero-order valence-electron chi connectivity index (χ0n) is 17.6. The minimum Gasteiger partial charge on any atom is -0.484 e. The van der Waals surface area contributed by atoms with Crippen molar-refractivity contribution in [2.24, 2.45) is 11.3 Å². The van der Waals surface area contributed by atoms with Gasteiger partial charge in [-0.05, 0) is 68.7 Å². The van der Waals surface area contributed by atoms with Gasteiger partial charge in [-0.2, -0.15) is 13.2 Å². The summed E-state index contributed by atoms with van der Waals surface area (Å²) in [5.41, 5.74) is -0.670. The van der Waals surface area contributed by atoms with Gasteiger partial charge in [0, 0.05) is 18.8 Å². The van der Waals surface area contributed by atoms with E-state index in [0.717, 1.165) is 18.8 Å². The maximum atomic E-state index is 13.2. The molecule has 0 aromatic heterocycles. The Morgan fingerprint density at radius 2 is 1.74 bits per heavy atom. The standard InChI is InChI=1S/C23H30F3NO4/c24-23(25,26)16-31-19-5-3-18(4-6-19)27-13-12-21(20(27)28)8-10-22(29,11-9-21)15-30-14-7-17-1-2-17/h3-6,17,29H,1-2,7-16H2/t21-,22+. The molecule has 1 aromatic rings. The second-order valence-corrected chi connectivity index (χ2v) is 9.39. The summed E-state index contributed by atoms with van der Waals surface area (Å²) < 4.78 is 47.3. The van der Waals surface area contributed by atoms with Gasteiger partial charge in [0.05, 0.1) is 17.6 Å². The van der Waals surface area contributed by atoms with Crippen LogP contribution in [-0.4, -0.2) is 49.2 Å². The lowest BCUT2D eigenvalue weighted by atomic mass is 9.68. The predicted molar refractivity (Wildman–Crippen MR) is 109 cm³/mol. The molecule has 1 aliphatic heterocycles. The van der Waals surface area contributed by atoms with Crippen molar-refractivity contribution in [1.82, 2.24) is 0 Å². The Morgan fingerprint density at radius 1 is 1.06 bits per heavy atom. The van der Waals surface area contributed by atoms with Crippen molar-refractivity contribution < 1.29 is 32.5 Å². The molecule has 1 heterocycles. The lowest BCUT2D eigenvalue weighted by molar-refractivity contribution is -0.153. The van der Waals surface area contributed by atoms with Crippen LogP contribution >= 0.6 is 0 Å². The maximum Gasteiger partial charge on any atom is 0.422 e. The van der Waals surface area contributed by atoms with Crippen LogP contribution in [0.5, 0.6) is 5.75 Å². The Bertz CT molecular complexity index is 768. The number of carbonyl (C=O) groups is 1. The smallest absolute Gasteiger partial charge is 0.422 e. The average molecular weight is 441 g/mol. The van der Waals surface area contributed by atoms with Gasteiger partial charge in [-0.1, -0.05) is 12.8 Å². The fraction of sp³-hybridized carbons (Fsp3) is 0.696. The van der Waals surface area contributed by atoms with Crippen molar-refractivity contribution in [3.8, 4) is 5.75 Å². The van der Waals surface area contributed by atoms with Gasteiger partial charge in [0.1, 0.15) is 5.75 Å². The molecule has 3 fully saturated rings. The third-order valence-corrected chi connectivity index (χ3v) is 6.94. The Morgan fingerprint density at radius 3 is 2.35 bits per heavy atom. The fourth-order valence-corrected chi connectivity index (χ4v) is 4.68. The molecule has 4 rings (SSSR count). The number of aliphatic hydroxyl groups is 1. The second kappa shape index (κ2) is 8.62. The van der Waals surface area contributed by atoms with Crippen LogP contribution in [0, 0.1) is 11.3 Å². The molecule has 0 unspecified atom stereocenters. The summed E-state index contributed by atoms with van der Waals surface area (Å²) in [5.74, 6) is 0.955. The number of alkyl halides is 3. The van der Waals surface area contributed by atoms with E-state index in [9.17, 15) is 23.1 Å². The molecule has 1 aromatic carbocycles. The van der Waals surface area contributed by atoms with Crippen LogP contribution in [0.2, 0.25) is 0 Å². The highest BCUT2D eigenvalue weighted by Crippen LogP contribution is 2.48. The van der Waals surface area contributed by atoms with Crippen molar-refractivity contribution in [2.45, 2.75) is 63.1 Å². The minimum atomic E-state index is -4.39. The summed E-state index contributed by atoms with van der Waals surface area (Å²) in [7, 11) is 0. The SMILES string of the molecule is O=C1N(c2ccc(OCC(F)(F)F)cc2)CC[C@]12CC[C@@](O)(COCCC1CC1)CC2. The Kier molecular flexibility index (Phi) is 6.23. The van der Waals surface area contributed by atoms with Crippen molar-refractivity contribution >= 4 is 11.6 Å². The van der Waals surface area contributed by atoms with E-state index >= 15 is 0 Å². The molecule has 1 spiro atoms. The highest BCUT2D eigenvalue weighted by Gasteiger charge is 2.51. The molecule has 1 N–H and O–H groups in total. The van der Waals surface area contributed by atoms with E-state index in [1.807, 2.05) is 0 Å². The molecular formula is C23H30F3NO4. The molecular weight excluding hydrogens is 411 g/mol. The van der Waals surface area contributed by atoms with E-state index < -0.39 is 23.8 Å². The molecule has 1 amide bonds. The van der Waals surface area contributed by atoms with E-state index in [1.165, 1.54) is 25.0 Å². The lowest BCUT2D eigenvalue weighted by Crippen LogP contribution is -2.45.